The average Bonchev–Trinajstić information content (AvgIpc) is 2.29. The van der Waals surface area contributed by atoms with Crippen molar-refractivity contribution >= 4 is 29.0 Å². The van der Waals surface area contributed by atoms with Gasteiger partial charge < -0.3 is 0 Å². The molecule has 0 bridgehead atoms. The number of carbonyl (C=O) groups is 1. The fourth-order valence-electron chi connectivity index (χ4n) is 1.45. The summed E-state index contributed by atoms with van der Waals surface area (Å²) in [5, 5.41) is 1.20. The molecule has 0 saturated carbocycles. The summed E-state index contributed by atoms with van der Waals surface area (Å²) in [6.07, 6.45) is 1.83. The van der Waals surface area contributed by atoms with E-state index >= 15 is 0 Å². The summed E-state index contributed by atoms with van der Waals surface area (Å²) in [5.41, 5.74) is 1.29. The van der Waals surface area contributed by atoms with Crippen molar-refractivity contribution in [3.05, 3.63) is 63.9 Å². The molecule has 17 heavy (non-hydrogen) atoms. The van der Waals surface area contributed by atoms with Gasteiger partial charge in [-0.3, -0.25) is 9.78 Å². The van der Waals surface area contributed by atoms with Crippen LogP contribution in [0.25, 0.3) is 0 Å². The molecule has 2 aromatic rings. The Hall–Kier alpha value is -1.38. The van der Waals surface area contributed by atoms with Crippen molar-refractivity contribution in [3.8, 4) is 0 Å². The van der Waals surface area contributed by atoms with E-state index < -0.39 is 0 Å². The summed E-state index contributed by atoms with van der Waals surface area (Å²) in [6.45, 7) is 0. The van der Waals surface area contributed by atoms with E-state index in [0.29, 0.717) is 21.3 Å². The van der Waals surface area contributed by atoms with E-state index in [0.717, 1.165) is 0 Å². The Morgan fingerprint density at radius 3 is 2.41 bits per heavy atom. The molecule has 2 rings (SSSR count). The zero-order valence-corrected chi connectivity index (χ0v) is 10.4. The zero-order chi connectivity index (χ0) is 12.3. The van der Waals surface area contributed by atoms with Gasteiger partial charge in [0.2, 0.25) is 0 Å². The van der Waals surface area contributed by atoms with E-state index in [-0.39, 0.29) is 12.2 Å². The molecule has 1 aromatic heterocycles. The number of hydrogen-bond donors (Lipinski definition) is 0. The third-order valence-electron chi connectivity index (χ3n) is 2.29. The average molecular weight is 266 g/mol. The molecule has 0 unspecified atom stereocenters. The predicted molar refractivity (Wildman–Crippen MR) is 68.7 cm³/mol. The molecule has 0 spiro atoms. The van der Waals surface area contributed by atoms with Crippen LogP contribution in [-0.2, 0) is 6.42 Å². The quantitative estimate of drug-likeness (QED) is 0.790. The van der Waals surface area contributed by atoms with Gasteiger partial charge in [0.1, 0.15) is 0 Å². The van der Waals surface area contributed by atoms with Crippen LogP contribution in [0.2, 0.25) is 10.0 Å². The van der Waals surface area contributed by atoms with Crippen molar-refractivity contribution in [2.45, 2.75) is 6.42 Å². The van der Waals surface area contributed by atoms with Gasteiger partial charge in [-0.15, -0.1) is 0 Å². The maximum Gasteiger partial charge on any atom is 0.168 e. The zero-order valence-electron chi connectivity index (χ0n) is 8.86. The molecule has 86 valence electrons. The molecular weight excluding hydrogens is 257 g/mol. The van der Waals surface area contributed by atoms with Crippen molar-refractivity contribution in [3.63, 3.8) is 0 Å². The van der Waals surface area contributed by atoms with Gasteiger partial charge in [0.05, 0.1) is 6.42 Å². The molecule has 0 radical (unpaired) electrons. The van der Waals surface area contributed by atoms with E-state index in [2.05, 4.69) is 4.98 Å². The van der Waals surface area contributed by atoms with Gasteiger partial charge in [-0.1, -0.05) is 23.2 Å². The van der Waals surface area contributed by atoms with Crippen LogP contribution in [0.4, 0.5) is 0 Å². The molecule has 2 nitrogen and oxygen atoms in total. The molecule has 1 aromatic carbocycles. The van der Waals surface area contributed by atoms with Crippen LogP contribution in [-0.4, -0.2) is 10.8 Å². The number of nitrogens with zero attached hydrogens (tertiary/aromatic N) is 1. The van der Waals surface area contributed by atoms with Crippen molar-refractivity contribution in [2.24, 2.45) is 0 Å². The lowest BCUT2D eigenvalue weighted by Gasteiger charge is -2.01. The molecule has 0 aliphatic rings. The van der Waals surface area contributed by atoms with Crippen LogP contribution in [0, 0.1) is 0 Å². The van der Waals surface area contributed by atoms with Crippen LogP contribution in [0.1, 0.15) is 16.1 Å². The van der Waals surface area contributed by atoms with Crippen molar-refractivity contribution in [2.75, 3.05) is 0 Å². The number of pyridine rings is 1. The lowest BCUT2D eigenvalue weighted by atomic mass is 10.1. The Morgan fingerprint density at radius 2 is 1.76 bits per heavy atom. The SMILES string of the molecule is O=C(Cc1cc(Cl)ccn1)c1ccc(Cl)cc1. The number of aromatic nitrogens is 1. The maximum absolute atomic E-state index is 11.9. The normalized spacial score (nSPS) is 10.2. The third kappa shape index (κ3) is 3.29. The monoisotopic (exact) mass is 265 g/mol. The Balaban J connectivity index is 2.14. The molecule has 0 aliphatic heterocycles. The molecule has 0 saturated heterocycles. The van der Waals surface area contributed by atoms with Gasteiger partial charge in [-0.2, -0.15) is 0 Å². The van der Waals surface area contributed by atoms with E-state index in [9.17, 15) is 4.79 Å². The molecule has 0 N–H and O–H groups in total. The Kier molecular flexibility index (Phi) is 3.77. The lowest BCUT2D eigenvalue weighted by Crippen LogP contribution is -2.04. The van der Waals surface area contributed by atoms with Crippen LogP contribution >= 0.6 is 23.2 Å². The van der Waals surface area contributed by atoms with Gasteiger partial charge in [-0.05, 0) is 36.4 Å². The summed E-state index contributed by atoms with van der Waals surface area (Å²) in [4.78, 5) is 16.0. The minimum absolute atomic E-state index is 0.00330. The smallest absolute Gasteiger partial charge is 0.168 e. The third-order valence-corrected chi connectivity index (χ3v) is 2.77. The molecule has 1 heterocycles. The van der Waals surface area contributed by atoms with Crippen molar-refractivity contribution < 1.29 is 4.79 Å². The minimum Gasteiger partial charge on any atom is -0.294 e. The number of halogens is 2. The predicted octanol–water partition coefficient (Wildman–Crippen LogP) is 3.81. The first kappa shape index (κ1) is 12.1. The first-order valence-electron chi connectivity index (χ1n) is 5.04. The van der Waals surface area contributed by atoms with Gasteiger partial charge in [0.15, 0.2) is 5.78 Å². The highest BCUT2D eigenvalue weighted by Crippen LogP contribution is 2.13. The van der Waals surface area contributed by atoms with Crippen molar-refractivity contribution in [1.82, 2.24) is 4.98 Å². The van der Waals surface area contributed by atoms with Crippen LogP contribution < -0.4 is 0 Å². The number of hydrogen-bond acceptors (Lipinski definition) is 2. The van der Waals surface area contributed by atoms with E-state index in [1.807, 2.05) is 0 Å². The molecular formula is C13H9Cl2NO. The second-order valence-electron chi connectivity index (χ2n) is 3.57. The van der Waals surface area contributed by atoms with Gasteiger partial charge in [-0.25, -0.2) is 0 Å². The topological polar surface area (TPSA) is 30.0 Å². The Labute approximate surface area is 109 Å². The van der Waals surface area contributed by atoms with Crippen LogP contribution in [0.3, 0.4) is 0 Å². The maximum atomic E-state index is 11.9. The highest BCUT2D eigenvalue weighted by atomic mass is 35.5. The molecule has 0 fully saturated rings. The summed E-state index contributed by atoms with van der Waals surface area (Å²) in [6, 6.07) is 10.2. The van der Waals surface area contributed by atoms with Gasteiger partial charge in [0.25, 0.3) is 0 Å². The van der Waals surface area contributed by atoms with Gasteiger partial charge in [0, 0.05) is 27.5 Å². The highest BCUT2D eigenvalue weighted by molar-refractivity contribution is 6.31. The summed E-state index contributed by atoms with van der Waals surface area (Å²) < 4.78 is 0. The molecule has 0 amide bonds. The number of ketones is 1. The standard InChI is InChI=1S/C13H9Cl2NO/c14-10-3-1-9(2-4-10)13(17)8-12-7-11(15)5-6-16-12/h1-7H,8H2. The lowest BCUT2D eigenvalue weighted by molar-refractivity contribution is 0.0992. The second kappa shape index (κ2) is 5.30. The fraction of sp³-hybridized carbons (Fsp3) is 0.0769. The number of benzene rings is 1. The Bertz CT molecular complexity index is 537. The molecule has 4 heteroatoms. The second-order valence-corrected chi connectivity index (χ2v) is 4.45. The number of Topliss-reactive ketones (excluding diaryl/α,β-unsaturated/α-hetero) is 1. The van der Waals surface area contributed by atoms with E-state index in [1.54, 1.807) is 42.6 Å². The summed E-state index contributed by atoms with van der Waals surface area (Å²) in [7, 11) is 0. The number of carbonyl (C=O) groups excluding carboxylic acids is 1. The minimum atomic E-state index is -0.00330. The van der Waals surface area contributed by atoms with Crippen molar-refractivity contribution in [1.29, 1.82) is 0 Å². The van der Waals surface area contributed by atoms with Gasteiger partial charge >= 0.3 is 0 Å². The molecule has 0 atom stereocenters. The number of rotatable bonds is 3. The van der Waals surface area contributed by atoms with E-state index in [4.69, 9.17) is 23.2 Å². The Morgan fingerprint density at radius 1 is 1.06 bits per heavy atom. The summed E-state index contributed by atoms with van der Waals surface area (Å²) in [5.74, 6) is -0.00330. The molecule has 0 aliphatic carbocycles. The summed E-state index contributed by atoms with van der Waals surface area (Å²) >= 11 is 11.6. The van der Waals surface area contributed by atoms with Crippen LogP contribution in [0.5, 0.6) is 0 Å². The van der Waals surface area contributed by atoms with Crippen LogP contribution in [0.15, 0.2) is 42.6 Å². The highest BCUT2D eigenvalue weighted by Gasteiger charge is 2.08. The first-order valence-corrected chi connectivity index (χ1v) is 5.80. The largest absolute Gasteiger partial charge is 0.294 e. The fourth-order valence-corrected chi connectivity index (χ4v) is 1.76. The van der Waals surface area contributed by atoms with E-state index in [1.165, 1.54) is 0 Å². The first-order chi connectivity index (χ1) is 8.15.